The third kappa shape index (κ3) is 3.80. The van der Waals surface area contributed by atoms with Gasteiger partial charge >= 0.3 is 5.97 Å². The van der Waals surface area contributed by atoms with Crippen molar-refractivity contribution in [3.63, 3.8) is 0 Å². The molecule has 4 N–H and O–H groups in total. The summed E-state index contributed by atoms with van der Waals surface area (Å²) in [5.41, 5.74) is 6.15. The number of nitrogen functional groups attached to an aromatic ring is 1. The minimum atomic E-state index is -0.721. The van der Waals surface area contributed by atoms with E-state index in [1.54, 1.807) is 12.1 Å². The van der Waals surface area contributed by atoms with E-state index in [1.807, 2.05) is 24.3 Å². The Hall–Kier alpha value is -2.60. The van der Waals surface area contributed by atoms with Gasteiger partial charge in [-0.2, -0.15) is 0 Å². The number of nitrogens with one attached hydrogen (secondary N) is 1. The fraction of sp³-hybridized carbons (Fsp3) is 0.400. The second-order valence-electron chi connectivity index (χ2n) is 7.01. The molecule has 0 heterocycles. The van der Waals surface area contributed by atoms with E-state index in [-0.39, 0.29) is 18.3 Å². The number of hydrogen-bond donors (Lipinski definition) is 3. The molecule has 1 aliphatic carbocycles. The first-order valence-corrected chi connectivity index (χ1v) is 8.78. The maximum Gasteiger partial charge on any atom is 0.307 e. The van der Waals surface area contributed by atoms with Gasteiger partial charge in [0.2, 0.25) is 0 Å². The van der Waals surface area contributed by atoms with Crippen molar-refractivity contribution in [2.24, 2.45) is 0 Å². The van der Waals surface area contributed by atoms with Crippen LogP contribution in [-0.2, 0) is 9.53 Å². The van der Waals surface area contributed by atoms with Gasteiger partial charge < -0.3 is 20.9 Å². The predicted molar refractivity (Wildman–Crippen MR) is 99.7 cm³/mol. The lowest BCUT2D eigenvalue weighted by molar-refractivity contribution is -0.142. The highest BCUT2D eigenvalue weighted by Crippen LogP contribution is 2.33. The molecule has 0 bridgehead atoms. The number of anilines is 1. The highest BCUT2D eigenvalue weighted by Gasteiger charge is 2.39. The van der Waals surface area contributed by atoms with Crippen LogP contribution < -0.4 is 11.1 Å². The molecule has 0 unspecified atom stereocenters. The van der Waals surface area contributed by atoms with Crippen LogP contribution in [0, 0.1) is 0 Å². The zero-order valence-electron chi connectivity index (χ0n) is 14.8. The Bertz CT molecular complexity index is 826. The van der Waals surface area contributed by atoms with E-state index in [1.165, 1.54) is 7.11 Å². The normalized spacial score (nSPS) is 22.8. The fourth-order valence-electron chi connectivity index (χ4n) is 3.61. The largest absolute Gasteiger partial charge is 0.469 e. The Morgan fingerprint density at radius 1 is 1.23 bits per heavy atom. The molecule has 0 saturated heterocycles. The number of esters is 1. The highest BCUT2D eigenvalue weighted by molar-refractivity contribution is 6.04. The number of carbonyl (C=O) groups is 2. The number of amides is 1. The molecular formula is C20H24N2O4. The number of fused-ring (bicyclic) bond motifs is 1. The van der Waals surface area contributed by atoms with E-state index in [4.69, 9.17) is 10.5 Å². The number of methoxy groups -OCH3 is 1. The van der Waals surface area contributed by atoms with Crippen LogP contribution in [0.2, 0.25) is 0 Å². The molecule has 0 atom stereocenters. The molecule has 0 aromatic heterocycles. The summed E-state index contributed by atoms with van der Waals surface area (Å²) in [6.45, 7) is 0. The summed E-state index contributed by atoms with van der Waals surface area (Å²) in [6.07, 6.45) is 1.78. The van der Waals surface area contributed by atoms with Crippen molar-refractivity contribution < 1.29 is 19.4 Å². The second-order valence-corrected chi connectivity index (χ2v) is 7.01. The molecule has 0 aliphatic heterocycles. The molecule has 26 heavy (non-hydrogen) atoms. The summed E-state index contributed by atoms with van der Waals surface area (Å²) in [4.78, 5) is 24.8. The minimum absolute atomic E-state index is 0.0788. The van der Waals surface area contributed by atoms with Crippen molar-refractivity contribution in [1.82, 2.24) is 5.32 Å². The number of carbonyl (C=O) groups excluding carboxylic acids is 2. The summed E-state index contributed by atoms with van der Waals surface area (Å²) >= 11 is 0. The van der Waals surface area contributed by atoms with Gasteiger partial charge in [0.05, 0.1) is 30.7 Å². The van der Waals surface area contributed by atoms with Crippen molar-refractivity contribution in [3.8, 4) is 0 Å². The van der Waals surface area contributed by atoms with Crippen LogP contribution in [0.5, 0.6) is 0 Å². The number of nitrogens with two attached hydrogens (primary N) is 1. The van der Waals surface area contributed by atoms with Gasteiger partial charge in [0.1, 0.15) is 0 Å². The molecule has 1 fully saturated rings. The van der Waals surface area contributed by atoms with Crippen molar-refractivity contribution >= 4 is 28.3 Å². The quantitative estimate of drug-likeness (QED) is 0.577. The average molecular weight is 356 g/mol. The Morgan fingerprint density at radius 2 is 1.85 bits per heavy atom. The lowest BCUT2D eigenvalue weighted by Gasteiger charge is -2.39. The summed E-state index contributed by atoms with van der Waals surface area (Å²) in [5.74, 6) is -0.693. The van der Waals surface area contributed by atoms with Crippen molar-refractivity contribution in [3.05, 3.63) is 42.0 Å². The van der Waals surface area contributed by atoms with Gasteiger partial charge in [-0.1, -0.05) is 24.3 Å². The minimum Gasteiger partial charge on any atom is -0.469 e. The molecule has 0 spiro atoms. The van der Waals surface area contributed by atoms with E-state index in [2.05, 4.69) is 5.32 Å². The molecule has 0 radical (unpaired) electrons. The third-order valence-corrected chi connectivity index (χ3v) is 5.16. The van der Waals surface area contributed by atoms with Crippen LogP contribution >= 0.6 is 0 Å². The van der Waals surface area contributed by atoms with Gasteiger partial charge in [-0.3, -0.25) is 9.59 Å². The molecule has 1 amide bonds. The number of benzene rings is 2. The molecular weight excluding hydrogens is 332 g/mol. The lowest BCUT2D eigenvalue weighted by Crippen LogP contribution is -2.52. The number of hydrogen-bond acceptors (Lipinski definition) is 5. The Balaban J connectivity index is 1.88. The zero-order chi connectivity index (χ0) is 18.7. The number of aliphatic hydroxyl groups is 1. The summed E-state index contributed by atoms with van der Waals surface area (Å²) in [7, 11) is 1.33. The van der Waals surface area contributed by atoms with Crippen molar-refractivity contribution in [2.45, 2.75) is 43.7 Å². The zero-order valence-corrected chi connectivity index (χ0v) is 14.8. The van der Waals surface area contributed by atoms with E-state index in [0.29, 0.717) is 36.9 Å². The van der Waals surface area contributed by atoms with Gasteiger partial charge in [-0.05, 0) is 48.6 Å². The first kappa shape index (κ1) is 18.2. The summed E-state index contributed by atoms with van der Waals surface area (Å²) in [6, 6.07) is 11.2. The number of aliphatic hydroxyl groups excluding tert-OH is 1. The molecule has 1 aliphatic rings. The molecule has 3 rings (SSSR count). The van der Waals surface area contributed by atoms with E-state index >= 15 is 0 Å². The molecule has 6 nitrogen and oxygen atoms in total. The molecule has 2 aromatic rings. The summed E-state index contributed by atoms with van der Waals surface area (Å²) < 4.78 is 4.80. The van der Waals surface area contributed by atoms with Gasteiger partial charge in [-0.25, -0.2) is 0 Å². The molecule has 138 valence electrons. The smallest absolute Gasteiger partial charge is 0.307 e. The van der Waals surface area contributed by atoms with Crippen LogP contribution in [0.15, 0.2) is 36.4 Å². The topological polar surface area (TPSA) is 102 Å². The maximum atomic E-state index is 12.9. The standard InChI is InChI=1S/C20H24N2O4/c1-26-18(24)12-20(8-6-15(23)7-9-20)22-19(25)16-10-13-4-2-3-5-14(13)11-17(16)21/h2-5,10-11,15,23H,6-9,12,21H2,1H3,(H,22,25). The van der Waals surface area contributed by atoms with E-state index in [9.17, 15) is 14.7 Å². The van der Waals surface area contributed by atoms with Crippen molar-refractivity contribution in [1.29, 1.82) is 0 Å². The lowest BCUT2D eigenvalue weighted by atomic mass is 9.78. The molecule has 6 heteroatoms. The van der Waals surface area contributed by atoms with Crippen LogP contribution in [0.3, 0.4) is 0 Å². The summed E-state index contributed by atoms with van der Waals surface area (Å²) in [5, 5.41) is 14.7. The average Bonchev–Trinajstić information content (AvgIpc) is 2.63. The van der Waals surface area contributed by atoms with Gasteiger partial charge in [0.25, 0.3) is 5.91 Å². The van der Waals surface area contributed by atoms with Crippen molar-refractivity contribution in [2.75, 3.05) is 12.8 Å². The van der Waals surface area contributed by atoms with Gasteiger partial charge in [-0.15, -0.1) is 0 Å². The van der Waals surface area contributed by atoms with Crippen LogP contribution in [0.4, 0.5) is 5.69 Å². The SMILES string of the molecule is COC(=O)CC1(NC(=O)c2cc3ccccc3cc2N)CCC(O)CC1. The molecule has 2 aromatic carbocycles. The van der Waals surface area contributed by atoms with Crippen LogP contribution in [-0.4, -0.2) is 35.7 Å². The fourth-order valence-corrected chi connectivity index (χ4v) is 3.61. The number of rotatable bonds is 4. The van der Waals surface area contributed by atoms with Gasteiger partial charge in [0.15, 0.2) is 0 Å². The second kappa shape index (κ2) is 7.33. The van der Waals surface area contributed by atoms with Gasteiger partial charge in [0, 0.05) is 5.69 Å². The van der Waals surface area contributed by atoms with Crippen LogP contribution in [0.25, 0.3) is 10.8 Å². The van der Waals surface area contributed by atoms with E-state index < -0.39 is 11.6 Å². The highest BCUT2D eigenvalue weighted by atomic mass is 16.5. The Labute approximate surface area is 152 Å². The van der Waals surface area contributed by atoms with Crippen LogP contribution in [0.1, 0.15) is 42.5 Å². The monoisotopic (exact) mass is 356 g/mol. The molecule has 1 saturated carbocycles. The predicted octanol–water partition coefficient (Wildman–Crippen LogP) is 2.39. The third-order valence-electron chi connectivity index (χ3n) is 5.16. The first-order chi connectivity index (χ1) is 12.4. The Kier molecular flexibility index (Phi) is 5.13. The maximum absolute atomic E-state index is 12.9. The van der Waals surface area contributed by atoms with E-state index in [0.717, 1.165) is 10.8 Å². The number of ether oxygens (including phenoxy) is 1. The first-order valence-electron chi connectivity index (χ1n) is 8.78. The Morgan fingerprint density at radius 3 is 2.46 bits per heavy atom.